The maximum Gasteiger partial charge on any atom is 0.132 e. The van der Waals surface area contributed by atoms with E-state index in [1.54, 1.807) is 12.1 Å². The van der Waals surface area contributed by atoms with Crippen LogP contribution in [0.2, 0.25) is 0 Å². The van der Waals surface area contributed by atoms with Gasteiger partial charge >= 0.3 is 0 Å². The molecule has 1 aliphatic heterocycles. The van der Waals surface area contributed by atoms with E-state index in [-0.39, 0.29) is 5.82 Å². The fraction of sp³-hybridized carbons (Fsp3) is 0.231. The monoisotopic (exact) mass is 229 g/mol. The molecule has 1 aromatic heterocycles. The van der Waals surface area contributed by atoms with Crippen LogP contribution in [0.3, 0.4) is 0 Å². The molecular weight excluding hydrogens is 217 g/mol. The highest BCUT2D eigenvalue weighted by Gasteiger charge is 2.12. The number of nitrogens with one attached hydrogen (secondary N) is 1. The van der Waals surface area contributed by atoms with Crippen molar-refractivity contribution >= 4 is 0 Å². The van der Waals surface area contributed by atoms with E-state index in [9.17, 15) is 4.39 Å². The van der Waals surface area contributed by atoms with Crippen LogP contribution in [0, 0.1) is 5.82 Å². The van der Waals surface area contributed by atoms with Gasteiger partial charge in [-0.1, -0.05) is 12.1 Å². The molecule has 3 rings (SSSR count). The third-order valence-corrected chi connectivity index (χ3v) is 2.89. The Bertz CT molecular complexity index is 537. The Morgan fingerprint density at radius 3 is 2.82 bits per heavy atom. The number of nitrogens with zero attached hydrogens (tertiary/aromatic N) is 2. The van der Waals surface area contributed by atoms with Crippen LogP contribution in [0.25, 0.3) is 0 Å². The molecule has 0 bridgehead atoms. The van der Waals surface area contributed by atoms with Crippen molar-refractivity contribution < 1.29 is 4.39 Å². The van der Waals surface area contributed by atoms with Gasteiger partial charge in [0, 0.05) is 31.3 Å². The van der Waals surface area contributed by atoms with Crippen LogP contribution in [0.5, 0.6) is 0 Å². The molecule has 0 saturated carbocycles. The lowest BCUT2D eigenvalue weighted by Gasteiger charge is -2.02. The highest BCUT2D eigenvalue weighted by Crippen LogP contribution is 2.13. The van der Waals surface area contributed by atoms with Crippen molar-refractivity contribution in [3.63, 3.8) is 0 Å². The Morgan fingerprint density at radius 1 is 1.18 bits per heavy atom. The van der Waals surface area contributed by atoms with E-state index in [0.29, 0.717) is 6.42 Å². The Kier molecular flexibility index (Phi) is 2.57. The van der Waals surface area contributed by atoms with Crippen molar-refractivity contribution in [2.45, 2.75) is 19.5 Å². The minimum Gasteiger partial charge on any atom is -0.307 e. The van der Waals surface area contributed by atoms with E-state index in [1.807, 2.05) is 6.20 Å². The molecule has 1 aliphatic rings. The predicted octanol–water partition coefficient (Wildman–Crippen LogP) is 1.81. The van der Waals surface area contributed by atoms with Gasteiger partial charge in [0.15, 0.2) is 0 Å². The summed E-state index contributed by atoms with van der Waals surface area (Å²) in [6.45, 7) is 1.67. The number of hydrogen-bond acceptors (Lipinski definition) is 3. The Labute approximate surface area is 98.7 Å². The zero-order chi connectivity index (χ0) is 11.7. The van der Waals surface area contributed by atoms with E-state index in [4.69, 9.17) is 0 Å². The maximum absolute atomic E-state index is 12.8. The average molecular weight is 229 g/mol. The Balaban J connectivity index is 1.83. The van der Waals surface area contributed by atoms with Crippen LogP contribution in [0.4, 0.5) is 4.39 Å². The Morgan fingerprint density at radius 2 is 2.00 bits per heavy atom. The van der Waals surface area contributed by atoms with Crippen molar-refractivity contribution in [1.29, 1.82) is 0 Å². The summed E-state index contributed by atoms with van der Waals surface area (Å²) in [7, 11) is 0. The summed E-state index contributed by atoms with van der Waals surface area (Å²) < 4.78 is 12.8. The molecule has 0 atom stereocenters. The molecule has 1 N–H and O–H groups in total. The zero-order valence-electron chi connectivity index (χ0n) is 9.28. The van der Waals surface area contributed by atoms with Crippen molar-refractivity contribution in [3.05, 3.63) is 58.9 Å². The lowest BCUT2D eigenvalue weighted by atomic mass is 10.1. The fourth-order valence-corrected chi connectivity index (χ4v) is 1.97. The number of aromatic nitrogens is 2. The molecule has 3 nitrogen and oxygen atoms in total. The van der Waals surface area contributed by atoms with E-state index in [1.165, 1.54) is 17.7 Å². The molecule has 0 amide bonds. The molecule has 2 heterocycles. The molecule has 0 radical (unpaired) electrons. The number of halogens is 1. The molecule has 17 heavy (non-hydrogen) atoms. The number of hydrogen-bond donors (Lipinski definition) is 1. The molecule has 0 fully saturated rings. The third kappa shape index (κ3) is 2.17. The number of rotatable bonds is 2. The summed E-state index contributed by atoms with van der Waals surface area (Å²) in [4.78, 5) is 8.83. The minimum absolute atomic E-state index is 0.215. The normalized spacial score (nSPS) is 13.7. The van der Waals surface area contributed by atoms with Crippen LogP contribution in [-0.4, -0.2) is 9.97 Å². The molecule has 4 heteroatoms. The van der Waals surface area contributed by atoms with Crippen LogP contribution in [0.1, 0.15) is 22.6 Å². The van der Waals surface area contributed by atoms with E-state index < -0.39 is 0 Å². The summed E-state index contributed by atoms with van der Waals surface area (Å²) in [5.41, 5.74) is 3.28. The smallest absolute Gasteiger partial charge is 0.132 e. The summed E-state index contributed by atoms with van der Waals surface area (Å²) in [6.07, 6.45) is 2.52. The second kappa shape index (κ2) is 4.22. The van der Waals surface area contributed by atoms with Gasteiger partial charge in [-0.2, -0.15) is 0 Å². The molecule has 0 aliphatic carbocycles. The summed E-state index contributed by atoms with van der Waals surface area (Å²) in [5, 5.41) is 3.23. The average Bonchev–Trinajstić information content (AvgIpc) is 2.79. The largest absolute Gasteiger partial charge is 0.307 e. The van der Waals surface area contributed by atoms with Gasteiger partial charge in [0.05, 0.1) is 5.69 Å². The summed E-state index contributed by atoms with van der Waals surface area (Å²) in [5.74, 6) is 0.576. The van der Waals surface area contributed by atoms with Crippen LogP contribution in [-0.2, 0) is 19.5 Å². The SMILES string of the molecule is Fc1ccc(Cc2ncc3c(n2)CNC3)cc1. The molecule has 0 spiro atoms. The standard InChI is InChI=1S/C13H12FN3/c14-11-3-1-9(2-4-11)5-13-16-7-10-6-15-8-12(10)17-13/h1-4,7,15H,5-6,8H2. The minimum atomic E-state index is -0.215. The molecule has 2 aromatic rings. The molecular formula is C13H12FN3. The van der Waals surface area contributed by atoms with Crippen LogP contribution < -0.4 is 5.32 Å². The van der Waals surface area contributed by atoms with E-state index in [2.05, 4.69) is 15.3 Å². The topological polar surface area (TPSA) is 37.8 Å². The molecule has 0 unspecified atom stereocenters. The molecule has 0 saturated heterocycles. The number of fused-ring (bicyclic) bond motifs is 1. The highest BCUT2D eigenvalue weighted by atomic mass is 19.1. The molecule has 1 aromatic carbocycles. The van der Waals surface area contributed by atoms with Gasteiger partial charge in [0.25, 0.3) is 0 Å². The van der Waals surface area contributed by atoms with Gasteiger partial charge in [-0.05, 0) is 17.7 Å². The van der Waals surface area contributed by atoms with Crippen molar-refractivity contribution in [3.8, 4) is 0 Å². The Hall–Kier alpha value is -1.81. The summed E-state index contributed by atoms with van der Waals surface area (Å²) >= 11 is 0. The quantitative estimate of drug-likeness (QED) is 0.853. The van der Waals surface area contributed by atoms with Crippen molar-refractivity contribution in [2.75, 3.05) is 0 Å². The van der Waals surface area contributed by atoms with Crippen LogP contribution in [0.15, 0.2) is 30.5 Å². The maximum atomic E-state index is 12.8. The lowest BCUT2D eigenvalue weighted by Crippen LogP contribution is -2.02. The fourth-order valence-electron chi connectivity index (χ4n) is 1.97. The van der Waals surface area contributed by atoms with Gasteiger partial charge in [0.1, 0.15) is 11.6 Å². The van der Waals surface area contributed by atoms with E-state index >= 15 is 0 Å². The van der Waals surface area contributed by atoms with Gasteiger partial charge in [-0.25, -0.2) is 14.4 Å². The third-order valence-electron chi connectivity index (χ3n) is 2.89. The van der Waals surface area contributed by atoms with Gasteiger partial charge in [-0.15, -0.1) is 0 Å². The molecule has 86 valence electrons. The first kappa shape index (κ1) is 10.4. The predicted molar refractivity (Wildman–Crippen MR) is 61.8 cm³/mol. The van der Waals surface area contributed by atoms with Gasteiger partial charge < -0.3 is 5.32 Å². The zero-order valence-corrected chi connectivity index (χ0v) is 9.28. The van der Waals surface area contributed by atoms with Crippen LogP contribution >= 0.6 is 0 Å². The van der Waals surface area contributed by atoms with E-state index in [0.717, 1.165) is 30.2 Å². The summed E-state index contributed by atoms with van der Waals surface area (Å²) in [6, 6.07) is 6.46. The van der Waals surface area contributed by atoms with Crippen molar-refractivity contribution in [2.24, 2.45) is 0 Å². The number of benzene rings is 1. The first-order valence-corrected chi connectivity index (χ1v) is 5.60. The second-order valence-corrected chi connectivity index (χ2v) is 4.16. The van der Waals surface area contributed by atoms with Crippen molar-refractivity contribution in [1.82, 2.24) is 15.3 Å². The van der Waals surface area contributed by atoms with Gasteiger partial charge in [-0.3, -0.25) is 0 Å². The second-order valence-electron chi connectivity index (χ2n) is 4.16. The van der Waals surface area contributed by atoms with Gasteiger partial charge in [0.2, 0.25) is 0 Å². The lowest BCUT2D eigenvalue weighted by molar-refractivity contribution is 0.627. The highest BCUT2D eigenvalue weighted by molar-refractivity contribution is 5.24. The first-order valence-electron chi connectivity index (χ1n) is 5.60. The first-order chi connectivity index (χ1) is 8.31.